The van der Waals surface area contributed by atoms with Crippen molar-refractivity contribution in [1.29, 1.82) is 0 Å². The van der Waals surface area contributed by atoms with E-state index in [4.69, 9.17) is 0 Å². The molecule has 0 fully saturated rings. The topological polar surface area (TPSA) is 0 Å². The maximum absolute atomic E-state index is 0. The standard InChI is InChI=1S/Al.AsH3.In.H3P.6H/h;1H3;;1H3;;;;;;. The van der Waals surface area contributed by atoms with Crippen molar-refractivity contribution in [2.24, 2.45) is 0 Å². The summed E-state index contributed by atoms with van der Waals surface area (Å²) in [5, 5.41) is 0. The Bertz CT molecular complexity index is 8.00. The van der Waals surface area contributed by atoms with Gasteiger partial charge in [0, 0.05) is 0 Å². The molecule has 0 radical (unpaired) electrons. The summed E-state index contributed by atoms with van der Waals surface area (Å²) in [5.41, 5.74) is 0. The van der Waals surface area contributed by atoms with E-state index in [2.05, 4.69) is 0 Å². The van der Waals surface area contributed by atoms with Gasteiger partial charge in [0.2, 0.25) is 0 Å². The van der Waals surface area contributed by atoms with Crippen molar-refractivity contribution < 1.29 is 0 Å². The van der Waals surface area contributed by atoms with Crippen molar-refractivity contribution in [3.63, 3.8) is 0 Å². The second kappa shape index (κ2) is 18.2. The molecule has 0 N–H and O–H groups in total. The van der Waals surface area contributed by atoms with Crippen molar-refractivity contribution in [2.75, 3.05) is 0 Å². The van der Waals surface area contributed by atoms with Crippen LogP contribution in [-0.2, 0) is 0 Å². The van der Waals surface area contributed by atoms with Crippen molar-refractivity contribution in [1.82, 2.24) is 0 Å². The van der Waals surface area contributed by atoms with E-state index in [1.54, 1.807) is 0 Å². The third kappa shape index (κ3) is 8.83. The molecule has 0 aliphatic heterocycles. The minimum absolute atomic E-state index is 0. The van der Waals surface area contributed by atoms with E-state index in [0.29, 0.717) is 0 Å². The average molecular weight is 260 g/mol. The van der Waals surface area contributed by atoms with Gasteiger partial charge in [-0.3, -0.25) is 0 Å². The Balaban J connectivity index is 0. The number of hydrogen-bond donors (Lipinski definition) is 0. The zero-order valence-corrected chi connectivity index (χ0v) is 5.80. The third-order valence-corrected chi connectivity index (χ3v) is 0. The van der Waals surface area contributed by atoms with Gasteiger partial charge in [-0.25, -0.2) is 0 Å². The molecule has 0 saturated heterocycles. The molecule has 0 heterocycles. The van der Waals surface area contributed by atoms with Crippen LogP contribution in [0, 0.1) is 0 Å². The Morgan fingerprint density at radius 2 is 1.00 bits per heavy atom. The fourth-order valence-corrected chi connectivity index (χ4v) is 0. The van der Waals surface area contributed by atoms with Crippen molar-refractivity contribution >= 4 is 71.1 Å². The summed E-state index contributed by atoms with van der Waals surface area (Å²) in [6.45, 7) is 0. The van der Waals surface area contributed by atoms with Gasteiger partial charge in [-0.15, -0.1) is 0 Å². The van der Waals surface area contributed by atoms with Crippen LogP contribution in [0.5, 0.6) is 0 Å². The molecular weight excluding hydrogens is 248 g/mol. The molecule has 0 aromatic carbocycles. The van der Waals surface area contributed by atoms with Crippen LogP contribution < -0.4 is 0 Å². The van der Waals surface area contributed by atoms with E-state index < -0.39 is 0 Å². The molecule has 0 aliphatic rings. The first-order valence-corrected chi connectivity index (χ1v) is 0. The Morgan fingerprint density at radius 3 is 1.00 bits per heavy atom. The Kier molecular flexibility index (Phi) is 148. The van der Waals surface area contributed by atoms with E-state index in [-0.39, 0.29) is 71.1 Å². The molecule has 0 bridgehead atoms. The monoisotopic (exact) mass is 260 g/mol. The van der Waals surface area contributed by atoms with E-state index in [1.807, 2.05) is 0 Å². The number of hydrogen-bond acceptors (Lipinski definition) is 0. The zero-order valence-electron chi connectivity index (χ0n) is 1.41. The minimum atomic E-state index is 0. The molecule has 0 nitrogen and oxygen atoms in total. The molecular formula is H12AlAsInP. The number of rotatable bonds is 0. The summed E-state index contributed by atoms with van der Waals surface area (Å²) >= 11 is 0. The molecule has 0 saturated carbocycles. The van der Waals surface area contributed by atoms with Crippen LogP contribution in [0.2, 0.25) is 0 Å². The van der Waals surface area contributed by atoms with Crippen LogP contribution >= 0.6 is 9.90 Å². The fraction of sp³-hybridized carbons (Fsp3) is 0. The summed E-state index contributed by atoms with van der Waals surface area (Å²) in [6.07, 6.45) is 0. The predicted octanol–water partition coefficient (Wildman–Crippen LogP) is -3.49. The quantitative estimate of drug-likeness (QED) is 0.313. The van der Waals surface area contributed by atoms with Gasteiger partial charge in [-0.05, 0) is 0 Å². The van der Waals surface area contributed by atoms with Gasteiger partial charge in [-0.1, -0.05) is 0 Å². The molecule has 4 heteroatoms. The van der Waals surface area contributed by atoms with E-state index in [0.717, 1.165) is 0 Å². The van der Waals surface area contributed by atoms with Crippen LogP contribution in [0.3, 0.4) is 0 Å². The first-order chi connectivity index (χ1) is 0. The summed E-state index contributed by atoms with van der Waals surface area (Å²) in [4.78, 5) is 0. The molecule has 0 aromatic rings. The maximum atomic E-state index is 0. The van der Waals surface area contributed by atoms with Gasteiger partial charge in [-0.2, -0.15) is 9.90 Å². The molecule has 0 aromatic heterocycles. The summed E-state index contributed by atoms with van der Waals surface area (Å²) in [7, 11) is 0. The summed E-state index contributed by atoms with van der Waals surface area (Å²) < 4.78 is 0. The van der Waals surface area contributed by atoms with E-state index in [1.165, 1.54) is 0 Å². The molecule has 28 valence electrons. The third-order valence-electron chi connectivity index (χ3n) is 0. The van der Waals surface area contributed by atoms with Crippen LogP contribution in [0.25, 0.3) is 0 Å². The first-order valence-electron chi connectivity index (χ1n) is 0. The Hall–Kier alpha value is 2.39. The van der Waals surface area contributed by atoms with Crippen molar-refractivity contribution in [3.8, 4) is 0 Å². The van der Waals surface area contributed by atoms with Gasteiger partial charge in [0.05, 0.1) is 0 Å². The predicted molar refractivity (Wildman–Crippen MR) is 40.9 cm³/mol. The summed E-state index contributed by atoms with van der Waals surface area (Å²) in [6, 6.07) is 0. The Labute approximate surface area is 70.3 Å². The second-order valence-corrected chi connectivity index (χ2v) is 0. The van der Waals surface area contributed by atoms with Gasteiger partial charge in [0.1, 0.15) is 0 Å². The van der Waals surface area contributed by atoms with Gasteiger partial charge < -0.3 is 0 Å². The van der Waals surface area contributed by atoms with Crippen LogP contribution in [0.15, 0.2) is 0 Å². The molecule has 4 heavy (non-hydrogen) atoms. The SMILES string of the molecule is P.[AlH3].[AsH3].[InH3]. The van der Waals surface area contributed by atoms with Crippen LogP contribution in [0.1, 0.15) is 0 Å². The Morgan fingerprint density at radius 1 is 1.00 bits per heavy atom. The van der Waals surface area contributed by atoms with Crippen molar-refractivity contribution in [2.45, 2.75) is 0 Å². The fourth-order valence-electron chi connectivity index (χ4n) is 0. The van der Waals surface area contributed by atoms with E-state index in [9.17, 15) is 0 Å². The van der Waals surface area contributed by atoms with Crippen LogP contribution in [-0.4, -0.2) is 61.2 Å². The molecule has 0 aliphatic carbocycles. The van der Waals surface area contributed by atoms with Gasteiger partial charge in [0.15, 0.2) is 17.4 Å². The van der Waals surface area contributed by atoms with E-state index >= 15 is 0 Å². The molecule has 2 atom stereocenters. The zero-order chi connectivity index (χ0) is 0. The van der Waals surface area contributed by atoms with Gasteiger partial charge in [0.25, 0.3) is 0 Å². The normalized spacial score (nSPS) is 0. The van der Waals surface area contributed by atoms with Crippen LogP contribution in [0.4, 0.5) is 0 Å². The average Bonchev–Trinajstić information content (AvgIpc) is 0. The first kappa shape index (κ1) is 32.5. The molecule has 0 spiro atoms. The summed E-state index contributed by atoms with van der Waals surface area (Å²) in [5.74, 6) is 0. The molecule has 2 unspecified atom stereocenters. The molecule has 0 amide bonds. The van der Waals surface area contributed by atoms with Crippen molar-refractivity contribution in [3.05, 3.63) is 0 Å². The second-order valence-electron chi connectivity index (χ2n) is 0. The molecule has 0 rings (SSSR count). The van der Waals surface area contributed by atoms with Gasteiger partial charge >= 0.3 is 43.8 Å².